The number of hydrogen-bond acceptors (Lipinski definition) is 4. The monoisotopic (exact) mass is 401 g/mol. The second-order valence-corrected chi connectivity index (χ2v) is 6.70. The van der Waals surface area contributed by atoms with Gasteiger partial charge < -0.3 is 10.6 Å². The standard InChI is InChI=1S/C18H27N5O.2ClH/c1-13-16-11-14(12-21-17(16)23(2)22-13)18(24)20-10-9-19-15-7-5-3-4-6-8-15;;/h11-12,15,19H,3-10H2,1-2H3,(H,20,24);2*1H. The van der Waals surface area contributed by atoms with Crippen LogP contribution in [-0.2, 0) is 7.05 Å². The number of carbonyl (C=O) groups excluding carboxylic acids is 1. The summed E-state index contributed by atoms with van der Waals surface area (Å²) in [4.78, 5) is 16.7. The molecule has 1 aliphatic rings. The first-order chi connectivity index (χ1) is 11.6. The maximum Gasteiger partial charge on any atom is 0.252 e. The van der Waals surface area contributed by atoms with E-state index in [2.05, 4.69) is 20.7 Å². The van der Waals surface area contributed by atoms with E-state index in [0.717, 1.165) is 23.3 Å². The van der Waals surface area contributed by atoms with E-state index in [4.69, 9.17) is 0 Å². The molecular formula is C18H29Cl2N5O. The van der Waals surface area contributed by atoms with E-state index in [1.807, 2.05) is 20.0 Å². The van der Waals surface area contributed by atoms with Gasteiger partial charge in [0.15, 0.2) is 5.65 Å². The number of fused-ring (bicyclic) bond motifs is 1. The van der Waals surface area contributed by atoms with Crippen molar-refractivity contribution in [3.63, 3.8) is 0 Å². The van der Waals surface area contributed by atoms with Crippen molar-refractivity contribution in [1.29, 1.82) is 0 Å². The molecule has 1 amide bonds. The van der Waals surface area contributed by atoms with Crippen molar-refractivity contribution < 1.29 is 4.79 Å². The third-order valence-electron chi connectivity index (χ3n) is 4.82. The fourth-order valence-corrected chi connectivity index (χ4v) is 3.47. The van der Waals surface area contributed by atoms with Crippen molar-refractivity contribution in [1.82, 2.24) is 25.4 Å². The smallest absolute Gasteiger partial charge is 0.252 e. The van der Waals surface area contributed by atoms with Crippen molar-refractivity contribution in [2.24, 2.45) is 7.05 Å². The fourth-order valence-electron chi connectivity index (χ4n) is 3.47. The zero-order valence-corrected chi connectivity index (χ0v) is 17.1. The van der Waals surface area contributed by atoms with Crippen LogP contribution in [0.5, 0.6) is 0 Å². The summed E-state index contributed by atoms with van der Waals surface area (Å²) < 4.78 is 1.74. The molecule has 146 valence electrons. The Kier molecular flexibility index (Phi) is 9.33. The van der Waals surface area contributed by atoms with E-state index < -0.39 is 0 Å². The van der Waals surface area contributed by atoms with Crippen LogP contribution in [0.4, 0.5) is 0 Å². The molecule has 2 heterocycles. The van der Waals surface area contributed by atoms with Crippen LogP contribution in [0.3, 0.4) is 0 Å². The molecule has 0 bridgehead atoms. The Morgan fingerprint density at radius 1 is 1.19 bits per heavy atom. The van der Waals surface area contributed by atoms with Gasteiger partial charge in [-0.25, -0.2) is 4.98 Å². The molecule has 2 aromatic heterocycles. The van der Waals surface area contributed by atoms with E-state index >= 15 is 0 Å². The fraction of sp³-hybridized carbons (Fsp3) is 0.611. The third kappa shape index (κ3) is 5.56. The van der Waals surface area contributed by atoms with E-state index in [9.17, 15) is 4.79 Å². The molecule has 1 saturated carbocycles. The lowest BCUT2D eigenvalue weighted by Crippen LogP contribution is -2.36. The Bertz CT molecular complexity index is 711. The second kappa shape index (κ2) is 10.7. The van der Waals surface area contributed by atoms with Crippen molar-refractivity contribution in [2.45, 2.75) is 51.5 Å². The van der Waals surface area contributed by atoms with Crippen molar-refractivity contribution in [3.8, 4) is 0 Å². The SMILES string of the molecule is Cc1nn(C)c2ncc(C(=O)NCCNC3CCCCCC3)cc12.Cl.Cl. The number of pyridine rings is 1. The Hall–Kier alpha value is -1.37. The van der Waals surface area contributed by atoms with Gasteiger partial charge in [0.2, 0.25) is 0 Å². The molecule has 2 aromatic rings. The first-order valence-corrected chi connectivity index (χ1v) is 8.96. The van der Waals surface area contributed by atoms with Crippen LogP contribution in [0, 0.1) is 6.92 Å². The van der Waals surface area contributed by atoms with E-state index in [-0.39, 0.29) is 30.7 Å². The molecule has 0 unspecified atom stereocenters. The molecule has 0 aromatic carbocycles. The third-order valence-corrected chi connectivity index (χ3v) is 4.82. The molecule has 0 saturated heterocycles. The molecule has 1 aliphatic carbocycles. The molecule has 0 spiro atoms. The highest BCUT2D eigenvalue weighted by atomic mass is 35.5. The average Bonchev–Trinajstić information content (AvgIpc) is 2.77. The van der Waals surface area contributed by atoms with Gasteiger partial charge in [0.25, 0.3) is 5.91 Å². The van der Waals surface area contributed by atoms with Crippen LogP contribution in [0.15, 0.2) is 12.3 Å². The van der Waals surface area contributed by atoms with Crippen LogP contribution < -0.4 is 10.6 Å². The number of carbonyl (C=O) groups is 1. The Balaban J connectivity index is 0.00000169. The van der Waals surface area contributed by atoms with E-state index in [0.29, 0.717) is 18.2 Å². The van der Waals surface area contributed by atoms with Gasteiger partial charge in [0, 0.05) is 37.8 Å². The molecule has 3 rings (SSSR count). The first kappa shape index (κ1) is 22.7. The minimum atomic E-state index is -0.0738. The predicted octanol–water partition coefficient (Wildman–Crippen LogP) is 3.16. The van der Waals surface area contributed by atoms with E-state index in [1.54, 1.807) is 10.9 Å². The number of hydrogen-bond donors (Lipinski definition) is 2. The molecule has 0 aliphatic heterocycles. The lowest BCUT2D eigenvalue weighted by atomic mass is 10.1. The van der Waals surface area contributed by atoms with Gasteiger partial charge in [-0.1, -0.05) is 25.7 Å². The van der Waals surface area contributed by atoms with Gasteiger partial charge in [-0.2, -0.15) is 5.10 Å². The number of amides is 1. The highest BCUT2D eigenvalue weighted by Crippen LogP contribution is 2.17. The van der Waals surface area contributed by atoms with Gasteiger partial charge in [-0.3, -0.25) is 9.48 Å². The van der Waals surface area contributed by atoms with Crippen LogP contribution in [0.25, 0.3) is 11.0 Å². The summed E-state index contributed by atoms with van der Waals surface area (Å²) in [6.45, 7) is 3.39. The minimum absolute atomic E-state index is 0. The van der Waals surface area contributed by atoms with Crippen molar-refractivity contribution in [3.05, 3.63) is 23.5 Å². The number of nitrogens with zero attached hydrogens (tertiary/aromatic N) is 3. The molecule has 26 heavy (non-hydrogen) atoms. The van der Waals surface area contributed by atoms with Crippen LogP contribution in [0.2, 0.25) is 0 Å². The summed E-state index contributed by atoms with van der Waals surface area (Å²) in [6, 6.07) is 2.49. The average molecular weight is 402 g/mol. The highest BCUT2D eigenvalue weighted by molar-refractivity contribution is 5.97. The lowest BCUT2D eigenvalue weighted by Gasteiger charge is -2.16. The molecule has 2 N–H and O–H groups in total. The summed E-state index contributed by atoms with van der Waals surface area (Å²) in [6.07, 6.45) is 9.50. The van der Waals surface area contributed by atoms with E-state index in [1.165, 1.54) is 38.5 Å². The number of rotatable bonds is 5. The Morgan fingerprint density at radius 2 is 1.88 bits per heavy atom. The highest BCUT2D eigenvalue weighted by Gasteiger charge is 2.13. The number of nitrogens with one attached hydrogen (secondary N) is 2. The summed E-state index contributed by atoms with van der Waals surface area (Å²) in [5.41, 5.74) is 2.29. The lowest BCUT2D eigenvalue weighted by molar-refractivity contribution is 0.0953. The van der Waals surface area contributed by atoms with Gasteiger partial charge in [-0.05, 0) is 25.8 Å². The van der Waals surface area contributed by atoms with Gasteiger partial charge in [0.05, 0.1) is 11.3 Å². The molecule has 0 atom stereocenters. The molecule has 1 fully saturated rings. The number of aryl methyl sites for hydroxylation is 2. The maximum atomic E-state index is 12.3. The van der Waals surface area contributed by atoms with Crippen molar-refractivity contribution in [2.75, 3.05) is 13.1 Å². The quantitative estimate of drug-likeness (QED) is 0.595. The van der Waals surface area contributed by atoms with Crippen molar-refractivity contribution >= 4 is 41.8 Å². The summed E-state index contributed by atoms with van der Waals surface area (Å²) in [7, 11) is 1.86. The second-order valence-electron chi connectivity index (χ2n) is 6.70. The summed E-state index contributed by atoms with van der Waals surface area (Å²) in [5, 5.41) is 11.8. The van der Waals surface area contributed by atoms with Crippen LogP contribution >= 0.6 is 24.8 Å². The molecular weight excluding hydrogens is 373 g/mol. The minimum Gasteiger partial charge on any atom is -0.351 e. The molecule has 6 nitrogen and oxygen atoms in total. The largest absolute Gasteiger partial charge is 0.351 e. The maximum absolute atomic E-state index is 12.3. The predicted molar refractivity (Wildman–Crippen MR) is 110 cm³/mol. The molecule has 0 radical (unpaired) electrons. The normalized spacial score (nSPS) is 15.0. The topological polar surface area (TPSA) is 71.8 Å². The molecule has 8 heteroatoms. The van der Waals surface area contributed by atoms with Gasteiger partial charge >= 0.3 is 0 Å². The zero-order valence-electron chi connectivity index (χ0n) is 15.5. The number of aromatic nitrogens is 3. The Labute approximate surface area is 167 Å². The van der Waals surface area contributed by atoms with Crippen LogP contribution in [0.1, 0.15) is 54.6 Å². The summed E-state index contributed by atoms with van der Waals surface area (Å²) >= 11 is 0. The summed E-state index contributed by atoms with van der Waals surface area (Å²) in [5.74, 6) is -0.0738. The van der Waals surface area contributed by atoms with Crippen LogP contribution in [-0.4, -0.2) is 39.8 Å². The number of halogens is 2. The zero-order chi connectivity index (χ0) is 16.9. The van der Waals surface area contributed by atoms with Gasteiger partial charge in [-0.15, -0.1) is 24.8 Å². The van der Waals surface area contributed by atoms with Gasteiger partial charge in [0.1, 0.15) is 0 Å². The Morgan fingerprint density at radius 3 is 2.58 bits per heavy atom. The first-order valence-electron chi connectivity index (χ1n) is 8.96.